The molecule has 0 saturated carbocycles. The number of halogens is 3. The molecule has 2 atom stereocenters. The topological polar surface area (TPSA) is 46.2 Å². The van der Waals surface area contributed by atoms with Crippen LogP contribution in [0.25, 0.3) is 0 Å². The number of rotatable bonds is 4. The SMILES string of the molecule is C[C@@H](O)CCc1c([C@@H](C)N)cccc1C(F)(F)F. The fourth-order valence-electron chi connectivity index (χ4n) is 1.93. The van der Waals surface area contributed by atoms with Crippen molar-refractivity contribution in [1.82, 2.24) is 0 Å². The average Bonchev–Trinajstić information content (AvgIpc) is 2.24. The van der Waals surface area contributed by atoms with E-state index >= 15 is 0 Å². The second-order valence-corrected chi connectivity index (χ2v) is 4.55. The van der Waals surface area contributed by atoms with Gasteiger partial charge in [-0.05, 0) is 43.9 Å². The Hall–Kier alpha value is -1.07. The zero-order valence-electron chi connectivity index (χ0n) is 10.5. The van der Waals surface area contributed by atoms with Crippen molar-refractivity contribution in [3.63, 3.8) is 0 Å². The fraction of sp³-hybridized carbons (Fsp3) is 0.538. The molecule has 1 aromatic rings. The third kappa shape index (κ3) is 3.71. The Labute approximate surface area is 105 Å². The van der Waals surface area contributed by atoms with E-state index in [0.29, 0.717) is 5.56 Å². The molecule has 1 aromatic carbocycles. The second kappa shape index (κ2) is 5.71. The summed E-state index contributed by atoms with van der Waals surface area (Å²) in [7, 11) is 0. The van der Waals surface area contributed by atoms with Crippen LogP contribution >= 0.6 is 0 Å². The highest BCUT2D eigenvalue weighted by atomic mass is 19.4. The molecule has 0 aliphatic carbocycles. The van der Waals surface area contributed by atoms with Crippen LogP contribution in [0, 0.1) is 0 Å². The fourth-order valence-corrected chi connectivity index (χ4v) is 1.93. The van der Waals surface area contributed by atoms with Gasteiger partial charge in [-0.1, -0.05) is 12.1 Å². The molecule has 0 fully saturated rings. The standard InChI is InChI=1S/C13H18F3NO/c1-8(18)6-7-11-10(9(2)17)4-3-5-12(11)13(14,15)16/h3-5,8-9,18H,6-7,17H2,1-2H3/t8-,9-/m1/s1. The summed E-state index contributed by atoms with van der Waals surface area (Å²) in [5.74, 6) is 0. The van der Waals surface area contributed by atoms with Gasteiger partial charge in [0.15, 0.2) is 0 Å². The molecule has 1 rings (SSSR count). The van der Waals surface area contributed by atoms with E-state index in [9.17, 15) is 18.3 Å². The van der Waals surface area contributed by atoms with Crippen molar-refractivity contribution in [2.24, 2.45) is 5.73 Å². The van der Waals surface area contributed by atoms with E-state index in [1.165, 1.54) is 6.07 Å². The van der Waals surface area contributed by atoms with Crippen LogP contribution in [-0.4, -0.2) is 11.2 Å². The van der Waals surface area contributed by atoms with Crippen LogP contribution < -0.4 is 5.73 Å². The Bertz CT molecular complexity index is 400. The summed E-state index contributed by atoms with van der Waals surface area (Å²) in [6.07, 6.45) is -4.57. The third-order valence-electron chi connectivity index (χ3n) is 2.82. The molecule has 0 spiro atoms. The van der Waals surface area contributed by atoms with Crippen molar-refractivity contribution in [3.8, 4) is 0 Å². The van der Waals surface area contributed by atoms with E-state index in [1.807, 2.05) is 0 Å². The monoisotopic (exact) mass is 261 g/mol. The van der Waals surface area contributed by atoms with E-state index in [-0.39, 0.29) is 18.4 Å². The Kier molecular flexibility index (Phi) is 4.76. The van der Waals surface area contributed by atoms with Gasteiger partial charge in [-0.15, -0.1) is 0 Å². The molecule has 0 unspecified atom stereocenters. The van der Waals surface area contributed by atoms with Crippen LogP contribution in [0.5, 0.6) is 0 Å². The molecule has 5 heteroatoms. The molecule has 0 aromatic heterocycles. The number of hydrogen-bond donors (Lipinski definition) is 2. The van der Waals surface area contributed by atoms with Gasteiger partial charge < -0.3 is 10.8 Å². The molecule has 3 N–H and O–H groups in total. The van der Waals surface area contributed by atoms with Crippen LogP contribution in [0.4, 0.5) is 13.2 Å². The molecule has 0 amide bonds. The summed E-state index contributed by atoms with van der Waals surface area (Å²) < 4.78 is 38.7. The van der Waals surface area contributed by atoms with E-state index in [1.54, 1.807) is 19.9 Å². The maximum Gasteiger partial charge on any atom is 0.416 e. The van der Waals surface area contributed by atoms with Crippen LogP contribution in [-0.2, 0) is 12.6 Å². The minimum atomic E-state index is -4.39. The third-order valence-corrected chi connectivity index (χ3v) is 2.82. The Balaban J connectivity index is 3.21. The Morgan fingerprint density at radius 2 is 1.89 bits per heavy atom. The van der Waals surface area contributed by atoms with E-state index < -0.39 is 23.9 Å². The Morgan fingerprint density at radius 1 is 1.28 bits per heavy atom. The van der Waals surface area contributed by atoms with Gasteiger partial charge in [0.2, 0.25) is 0 Å². The maximum atomic E-state index is 12.9. The van der Waals surface area contributed by atoms with Crippen molar-refractivity contribution >= 4 is 0 Å². The zero-order chi connectivity index (χ0) is 13.9. The van der Waals surface area contributed by atoms with Crippen LogP contribution in [0.15, 0.2) is 18.2 Å². The molecule has 18 heavy (non-hydrogen) atoms. The van der Waals surface area contributed by atoms with Gasteiger partial charge in [0.1, 0.15) is 0 Å². The van der Waals surface area contributed by atoms with Gasteiger partial charge in [-0.2, -0.15) is 13.2 Å². The van der Waals surface area contributed by atoms with Crippen molar-refractivity contribution in [2.45, 2.75) is 45.0 Å². The van der Waals surface area contributed by atoms with Crippen molar-refractivity contribution < 1.29 is 18.3 Å². The lowest BCUT2D eigenvalue weighted by atomic mass is 9.92. The highest BCUT2D eigenvalue weighted by molar-refractivity contribution is 5.39. The maximum absolute atomic E-state index is 12.9. The molecular formula is C13H18F3NO. The predicted octanol–water partition coefficient (Wildman–Crippen LogP) is 3.04. The van der Waals surface area contributed by atoms with Crippen LogP contribution in [0.2, 0.25) is 0 Å². The quantitative estimate of drug-likeness (QED) is 0.875. The van der Waals surface area contributed by atoms with Crippen molar-refractivity contribution in [2.75, 3.05) is 0 Å². The summed E-state index contributed by atoms with van der Waals surface area (Å²) in [5.41, 5.74) is 5.74. The smallest absolute Gasteiger partial charge is 0.393 e. The first-order valence-electron chi connectivity index (χ1n) is 5.86. The number of aliphatic hydroxyl groups is 1. The summed E-state index contributed by atoms with van der Waals surface area (Å²) >= 11 is 0. The molecular weight excluding hydrogens is 243 g/mol. The molecule has 0 radical (unpaired) electrons. The van der Waals surface area contributed by atoms with Crippen LogP contribution in [0.3, 0.4) is 0 Å². The normalized spacial score (nSPS) is 15.5. The van der Waals surface area contributed by atoms with Gasteiger partial charge in [0, 0.05) is 6.04 Å². The van der Waals surface area contributed by atoms with Gasteiger partial charge in [0.25, 0.3) is 0 Å². The molecule has 0 bridgehead atoms. The molecule has 102 valence electrons. The summed E-state index contributed by atoms with van der Waals surface area (Å²) in [6.45, 7) is 3.21. The predicted molar refractivity (Wildman–Crippen MR) is 64.0 cm³/mol. The van der Waals surface area contributed by atoms with E-state index in [2.05, 4.69) is 0 Å². The molecule has 0 heterocycles. The average molecular weight is 261 g/mol. The van der Waals surface area contributed by atoms with E-state index in [0.717, 1.165) is 6.07 Å². The molecule has 0 aliphatic rings. The van der Waals surface area contributed by atoms with Gasteiger partial charge in [-0.25, -0.2) is 0 Å². The lowest BCUT2D eigenvalue weighted by molar-refractivity contribution is -0.138. The first kappa shape index (κ1) is 15.0. The van der Waals surface area contributed by atoms with Crippen molar-refractivity contribution in [3.05, 3.63) is 34.9 Å². The zero-order valence-corrected chi connectivity index (χ0v) is 10.5. The number of alkyl halides is 3. The van der Waals surface area contributed by atoms with E-state index in [4.69, 9.17) is 5.73 Å². The number of benzene rings is 1. The molecule has 2 nitrogen and oxygen atoms in total. The lowest BCUT2D eigenvalue weighted by Gasteiger charge is -2.19. The largest absolute Gasteiger partial charge is 0.416 e. The minimum absolute atomic E-state index is 0.171. The number of aliphatic hydroxyl groups excluding tert-OH is 1. The second-order valence-electron chi connectivity index (χ2n) is 4.55. The highest BCUT2D eigenvalue weighted by Gasteiger charge is 2.34. The Morgan fingerprint density at radius 3 is 2.33 bits per heavy atom. The minimum Gasteiger partial charge on any atom is -0.393 e. The molecule has 0 aliphatic heterocycles. The van der Waals surface area contributed by atoms with Crippen LogP contribution in [0.1, 0.15) is 43.0 Å². The molecule has 0 saturated heterocycles. The summed E-state index contributed by atoms with van der Waals surface area (Å²) in [5, 5.41) is 9.22. The number of nitrogens with two attached hydrogens (primary N) is 1. The number of hydrogen-bond acceptors (Lipinski definition) is 2. The van der Waals surface area contributed by atoms with Crippen molar-refractivity contribution in [1.29, 1.82) is 0 Å². The highest BCUT2D eigenvalue weighted by Crippen LogP contribution is 2.35. The summed E-state index contributed by atoms with van der Waals surface area (Å²) in [6, 6.07) is 3.57. The lowest BCUT2D eigenvalue weighted by Crippen LogP contribution is -2.16. The first-order valence-corrected chi connectivity index (χ1v) is 5.86. The van der Waals surface area contributed by atoms with Gasteiger partial charge in [-0.3, -0.25) is 0 Å². The summed E-state index contributed by atoms with van der Waals surface area (Å²) in [4.78, 5) is 0. The van der Waals surface area contributed by atoms with Gasteiger partial charge in [0.05, 0.1) is 11.7 Å². The first-order chi connectivity index (χ1) is 8.23. The van der Waals surface area contributed by atoms with Gasteiger partial charge >= 0.3 is 6.18 Å².